The van der Waals surface area contributed by atoms with E-state index in [1.54, 1.807) is 12.1 Å². The molecule has 1 aromatic carbocycles. The van der Waals surface area contributed by atoms with Gasteiger partial charge in [0.1, 0.15) is 11.4 Å². The second-order valence-corrected chi connectivity index (χ2v) is 5.16. The Morgan fingerprint density at radius 2 is 2.35 bits per heavy atom. The summed E-state index contributed by atoms with van der Waals surface area (Å²) in [6.45, 7) is 3.87. The minimum Gasteiger partial charge on any atom is -0.369 e. The third-order valence-corrected chi connectivity index (χ3v) is 4.10. The molecule has 2 aliphatic rings. The average molecular weight is 235 g/mol. The highest BCUT2D eigenvalue weighted by molar-refractivity contribution is 5.36. The van der Waals surface area contributed by atoms with Crippen molar-refractivity contribution < 1.29 is 9.13 Å². The van der Waals surface area contributed by atoms with E-state index in [2.05, 4.69) is 12.2 Å². The van der Waals surface area contributed by atoms with Crippen LogP contribution in [-0.4, -0.2) is 19.2 Å². The molecule has 0 amide bonds. The molecule has 92 valence electrons. The zero-order valence-electron chi connectivity index (χ0n) is 10.1. The molecular weight excluding hydrogens is 217 g/mol. The van der Waals surface area contributed by atoms with Gasteiger partial charge >= 0.3 is 0 Å². The van der Waals surface area contributed by atoms with E-state index >= 15 is 0 Å². The third-order valence-electron chi connectivity index (χ3n) is 4.10. The number of ether oxygens (including phenoxy) is 1. The molecule has 17 heavy (non-hydrogen) atoms. The Bertz CT molecular complexity index is 428. The Morgan fingerprint density at radius 3 is 3.12 bits per heavy atom. The smallest absolute Gasteiger partial charge is 0.123 e. The van der Waals surface area contributed by atoms with Crippen molar-refractivity contribution in [2.45, 2.75) is 37.8 Å². The minimum absolute atomic E-state index is 0.146. The molecule has 3 heteroatoms. The molecule has 2 heterocycles. The maximum absolute atomic E-state index is 13.3. The monoisotopic (exact) mass is 235 g/mol. The van der Waals surface area contributed by atoms with Crippen LogP contribution in [0.5, 0.6) is 0 Å². The van der Waals surface area contributed by atoms with Crippen molar-refractivity contribution in [2.75, 3.05) is 13.2 Å². The number of benzene rings is 1. The van der Waals surface area contributed by atoms with E-state index in [9.17, 15) is 4.39 Å². The molecule has 3 rings (SSSR count). The van der Waals surface area contributed by atoms with Gasteiger partial charge in [-0.05, 0) is 56.0 Å². The first-order chi connectivity index (χ1) is 8.20. The summed E-state index contributed by atoms with van der Waals surface area (Å²) in [5, 5.41) is 3.50. The Labute approximate surface area is 101 Å². The predicted octanol–water partition coefficient (Wildman–Crippen LogP) is 2.37. The van der Waals surface area contributed by atoms with Crippen LogP contribution < -0.4 is 5.32 Å². The molecule has 0 aromatic heterocycles. The SMILES string of the molecule is C[C@@]1([C@@H]2CCCN2)OCCc2cc(F)ccc21. The fraction of sp³-hybridized carbons (Fsp3) is 0.571. The number of fused-ring (bicyclic) bond motifs is 1. The summed E-state index contributed by atoms with van der Waals surface area (Å²) in [5.74, 6) is -0.146. The molecule has 1 aromatic rings. The van der Waals surface area contributed by atoms with Crippen LogP contribution in [0.1, 0.15) is 30.9 Å². The molecule has 2 atom stereocenters. The third kappa shape index (κ3) is 1.78. The normalized spacial score (nSPS) is 32.5. The zero-order chi connectivity index (χ0) is 11.9. The summed E-state index contributed by atoms with van der Waals surface area (Å²) in [7, 11) is 0. The van der Waals surface area contributed by atoms with E-state index in [-0.39, 0.29) is 11.4 Å². The lowest BCUT2D eigenvalue weighted by atomic mass is 9.81. The van der Waals surface area contributed by atoms with E-state index in [0.29, 0.717) is 12.6 Å². The minimum atomic E-state index is -0.294. The summed E-state index contributed by atoms with van der Waals surface area (Å²) >= 11 is 0. The largest absolute Gasteiger partial charge is 0.369 e. The van der Waals surface area contributed by atoms with Crippen molar-refractivity contribution in [3.63, 3.8) is 0 Å². The van der Waals surface area contributed by atoms with Gasteiger partial charge < -0.3 is 10.1 Å². The topological polar surface area (TPSA) is 21.3 Å². The highest BCUT2D eigenvalue weighted by Gasteiger charge is 2.41. The van der Waals surface area contributed by atoms with Gasteiger partial charge in [-0.2, -0.15) is 0 Å². The van der Waals surface area contributed by atoms with E-state index in [0.717, 1.165) is 30.5 Å². The van der Waals surface area contributed by atoms with Crippen LogP contribution in [0.25, 0.3) is 0 Å². The number of halogens is 1. The van der Waals surface area contributed by atoms with Gasteiger partial charge in [0, 0.05) is 6.04 Å². The van der Waals surface area contributed by atoms with Crippen molar-refractivity contribution in [3.8, 4) is 0 Å². The van der Waals surface area contributed by atoms with Crippen LogP contribution in [0.2, 0.25) is 0 Å². The summed E-state index contributed by atoms with van der Waals surface area (Å²) in [6, 6.07) is 5.45. The van der Waals surface area contributed by atoms with Crippen molar-refractivity contribution in [2.24, 2.45) is 0 Å². The lowest BCUT2D eigenvalue weighted by molar-refractivity contribution is -0.0689. The molecule has 1 saturated heterocycles. The standard InChI is InChI=1S/C14H18FNO/c1-14(13-3-2-7-16-13)12-5-4-11(15)9-10(12)6-8-17-14/h4-5,9,13,16H,2-3,6-8H2,1H3/t13-,14+/m0/s1. The molecule has 2 nitrogen and oxygen atoms in total. The van der Waals surface area contributed by atoms with E-state index in [1.807, 2.05) is 6.07 Å². The van der Waals surface area contributed by atoms with Gasteiger partial charge in [-0.1, -0.05) is 6.07 Å². The summed E-state index contributed by atoms with van der Waals surface area (Å²) in [4.78, 5) is 0. The number of hydrogen-bond donors (Lipinski definition) is 1. The van der Waals surface area contributed by atoms with Crippen LogP contribution in [-0.2, 0) is 16.8 Å². The van der Waals surface area contributed by atoms with Crippen molar-refractivity contribution in [3.05, 3.63) is 35.1 Å². The van der Waals surface area contributed by atoms with Gasteiger partial charge in [0.2, 0.25) is 0 Å². The lowest BCUT2D eigenvalue weighted by Crippen LogP contribution is -2.47. The summed E-state index contributed by atoms with van der Waals surface area (Å²) in [5.41, 5.74) is 1.97. The Balaban J connectivity index is 2.03. The van der Waals surface area contributed by atoms with E-state index < -0.39 is 0 Å². The summed E-state index contributed by atoms with van der Waals surface area (Å²) in [6.07, 6.45) is 3.14. The van der Waals surface area contributed by atoms with Crippen molar-refractivity contribution >= 4 is 0 Å². The molecule has 0 radical (unpaired) electrons. The Kier molecular flexibility index (Phi) is 2.68. The molecule has 1 N–H and O–H groups in total. The fourth-order valence-corrected chi connectivity index (χ4v) is 3.15. The molecule has 0 aliphatic carbocycles. The first-order valence-electron chi connectivity index (χ1n) is 6.36. The number of nitrogens with one attached hydrogen (secondary N) is 1. The van der Waals surface area contributed by atoms with Crippen LogP contribution in [0, 0.1) is 5.82 Å². The van der Waals surface area contributed by atoms with Crippen LogP contribution in [0.3, 0.4) is 0 Å². The van der Waals surface area contributed by atoms with Gasteiger partial charge in [0.05, 0.1) is 6.61 Å². The van der Waals surface area contributed by atoms with E-state index in [4.69, 9.17) is 4.74 Å². The number of rotatable bonds is 1. The lowest BCUT2D eigenvalue weighted by Gasteiger charge is -2.40. The molecule has 0 bridgehead atoms. The van der Waals surface area contributed by atoms with Gasteiger partial charge in [0.15, 0.2) is 0 Å². The summed E-state index contributed by atoms with van der Waals surface area (Å²) < 4.78 is 19.3. The zero-order valence-corrected chi connectivity index (χ0v) is 10.1. The van der Waals surface area contributed by atoms with Gasteiger partial charge in [-0.3, -0.25) is 0 Å². The average Bonchev–Trinajstić information content (AvgIpc) is 2.82. The van der Waals surface area contributed by atoms with Gasteiger partial charge in [-0.25, -0.2) is 4.39 Å². The number of hydrogen-bond acceptors (Lipinski definition) is 2. The van der Waals surface area contributed by atoms with Crippen molar-refractivity contribution in [1.29, 1.82) is 0 Å². The Hall–Kier alpha value is -0.930. The molecule has 0 unspecified atom stereocenters. The first kappa shape index (κ1) is 11.2. The highest BCUT2D eigenvalue weighted by atomic mass is 19.1. The second-order valence-electron chi connectivity index (χ2n) is 5.16. The van der Waals surface area contributed by atoms with Crippen LogP contribution in [0.15, 0.2) is 18.2 Å². The van der Waals surface area contributed by atoms with Crippen LogP contribution >= 0.6 is 0 Å². The van der Waals surface area contributed by atoms with Crippen molar-refractivity contribution in [1.82, 2.24) is 5.32 Å². The first-order valence-corrected chi connectivity index (χ1v) is 6.36. The quantitative estimate of drug-likeness (QED) is 0.807. The second kappa shape index (κ2) is 4.07. The highest BCUT2D eigenvalue weighted by Crippen LogP contribution is 2.38. The maximum atomic E-state index is 13.3. The fourth-order valence-electron chi connectivity index (χ4n) is 3.15. The molecule has 0 saturated carbocycles. The predicted molar refractivity (Wildman–Crippen MR) is 64.4 cm³/mol. The van der Waals surface area contributed by atoms with Gasteiger partial charge in [-0.15, -0.1) is 0 Å². The molecule has 2 aliphatic heterocycles. The Morgan fingerprint density at radius 1 is 1.47 bits per heavy atom. The van der Waals surface area contributed by atoms with E-state index in [1.165, 1.54) is 6.42 Å². The van der Waals surface area contributed by atoms with Gasteiger partial charge in [0.25, 0.3) is 0 Å². The molecule has 0 spiro atoms. The molecular formula is C14H18FNO. The maximum Gasteiger partial charge on any atom is 0.123 e. The molecule has 1 fully saturated rings. The van der Waals surface area contributed by atoms with Crippen LogP contribution in [0.4, 0.5) is 4.39 Å².